The monoisotopic (exact) mass is 343 g/mol. The van der Waals surface area contributed by atoms with Crippen LogP contribution in [0.15, 0.2) is 28.7 Å². The highest BCUT2D eigenvalue weighted by Crippen LogP contribution is 2.24. The summed E-state index contributed by atoms with van der Waals surface area (Å²) < 4.78 is 0.743. The average molecular weight is 344 g/mol. The first kappa shape index (κ1) is 14.4. The second-order valence-corrected chi connectivity index (χ2v) is 6.31. The highest BCUT2D eigenvalue weighted by molar-refractivity contribution is 9.10. The minimum atomic E-state index is -0.863. The van der Waals surface area contributed by atoms with Crippen molar-refractivity contribution in [3.8, 4) is 0 Å². The molecule has 0 bridgehead atoms. The lowest BCUT2D eigenvalue weighted by Gasteiger charge is -2.34. The Labute approximate surface area is 124 Å². The molecule has 1 saturated heterocycles. The molecule has 1 heterocycles. The van der Waals surface area contributed by atoms with Crippen molar-refractivity contribution in [3.63, 3.8) is 0 Å². The van der Waals surface area contributed by atoms with E-state index in [2.05, 4.69) is 15.9 Å². The van der Waals surface area contributed by atoms with Crippen molar-refractivity contribution in [2.75, 3.05) is 18.1 Å². The van der Waals surface area contributed by atoms with Crippen molar-refractivity contribution in [2.24, 2.45) is 0 Å². The van der Waals surface area contributed by atoms with Crippen molar-refractivity contribution >= 4 is 39.6 Å². The number of carbonyl (C=O) groups is 2. The van der Waals surface area contributed by atoms with Crippen LogP contribution in [0.3, 0.4) is 0 Å². The quantitative estimate of drug-likeness (QED) is 0.915. The van der Waals surface area contributed by atoms with Crippen molar-refractivity contribution in [1.82, 2.24) is 4.90 Å². The number of rotatable bonds is 3. The van der Waals surface area contributed by atoms with Crippen LogP contribution in [0.2, 0.25) is 0 Å². The third-order valence-electron chi connectivity index (χ3n) is 3.00. The summed E-state index contributed by atoms with van der Waals surface area (Å²) in [4.78, 5) is 25.1. The van der Waals surface area contributed by atoms with Crippen molar-refractivity contribution < 1.29 is 14.7 Å². The molecule has 0 saturated carbocycles. The van der Waals surface area contributed by atoms with Gasteiger partial charge in [-0.05, 0) is 28.1 Å². The fraction of sp³-hybridized carbons (Fsp3) is 0.385. The summed E-state index contributed by atoms with van der Waals surface area (Å²) in [5.74, 6) is 0.575. The van der Waals surface area contributed by atoms with Gasteiger partial charge in [0.1, 0.15) is 0 Å². The summed E-state index contributed by atoms with van der Waals surface area (Å²) in [6, 6.07) is 7.00. The van der Waals surface area contributed by atoms with E-state index in [0.29, 0.717) is 17.9 Å². The number of hydrogen-bond acceptors (Lipinski definition) is 3. The summed E-state index contributed by atoms with van der Waals surface area (Å²) in [6.45, 7) is 0.600. The lowest BCUT2D eigenvalue weighted by Crippen LogP contribution is -2.47. The minimum absolute atomic E-state index is 0.00317. The van der Waals surface area contributed by atoms with Crippen molar-refractivity contribution in [1.29, 1.82) is 0 Å². The first-order valence-corrected chi connectivity index (χ1v) is 7.89. The zero-order valence-electron chi connectivity index (χ0n) is 10.2. The van der Waals surface area contributed by atoms with Crippen LogP contribution in [-0.4, -0.2) is 46.0 Å². The molecule has 1 atom stereocenters. The third kappa shape index (κ3) is 3.51. The molecule has 19 heavy (non-hydrogen) atoms. The molecule has 1 aromatic carbocycles. The summed E-state index contributed by atoms with van der Waals surface area (Å²) in [6.07, 6.45) is 0.00317. The molecule has 1 N–H and O–H groups in total. The average Bonchev–Trinajstić information content (AvgIpc) is 2.38. The number of benzene rings is 1. The second-order valence-electron chi connectivity index (χ2n) is 4.30. The number of nitrogens with zero attached hydrogens (tertiary/aromatic N) is 1. The van der Waals surface area contributed by atoms with Crippen LogP contribution in [0.5, 0.6) is 0 Å². The molecule has 4 nitrogen and oxygen atoms in total. The maximum absolute atomic E-state index is 12.5. The molecule has 1 aromatic rings. The fourth-order valence-corrected chi connectivity index (χ4v) is 3.60. The van der Waals surface area contributed by atoms with E-state index in [1.165, 1.54) is 0 Å². The van der Waals surface area contributed by atoms with Crippen LogP contribution >= 0.6 is 27.7 Å². The minimum Gasteiger partial charge on any atom is -0.481 e. The normalized spacial score (nSPS) is 19.2. The van der Waals surface area contributed by atoms with Gasteiger partial charge in [0.2, 0.25) is 0 Å². The number of carboxylic acids is 1. The van der Waals surface area contributed by atoms with E-state index in [4.69, 9.17) is 5.11 Å². The number of hydrogen-bond donors (Lipinski definition) is 1. The molecule has 0 aromatic heterocycles. The number of carboxylic acid groups (broad SMARTS) is 1. The molecule has 1 unspecified atom stereocenters. The smallest absolute Gasteiger partial charge is 0.305 e. The molecule has 0 radical (unpaired) electrons. The van der Waals surface area contributed by atoms with E-state index in [1.807, 2.05) is 18.2 Å². The van der Waals surface area contributed by atoms with E-state index >= 15 is 0 Å². The van der Waals surface area contributed by atoms with Crippen LogP contribution in [0.4, 0.5) is 0 Å². The van der Waals surface area contributed by atoms with E-state index in [0.717, 1.165) is 10.2 Å². The molecule has 2 rings (SSSR count). The number of thioether (sulfide) groups is 1. The molecule has 1 amide bonds. The van der Waals surface area contributed by atoms with E-state index in [-0.39, 0.29) is 18.4 Å². The topological polar surface area (TPSA) is 57.6 Å². The van der Waals surface area contributed by atoms with Crippen LogP contribution < -0.4 is 0 Å². The first-order valence-electron chi connectivity index (χ1n) is 5.94. The van der Waals surface area contributed by atoms with Crippen LogP contribution in [0.25, 0.3) is 0 Å². The molecule has 0 spiro atoms. The summed E-state index contributed by atoms with van der Waals surface area (Å²) in [5.41, 5.74) is 0.588. The summed E-state index contributed by atoms with van der Waals surface area (Å²) >= 11 is 5.06. The first-order chi connectivity index (χ1) is 9.09. The molecule has 1 fully saturated rings. The van der Waals surface area contributed by atoms with Crippen LogP contribution in [0, 0.1) is 0 Å². The van der Waals surface area contributed by atoms with Crippen molar-refractivity contribution in [2.45, 2.75) is 12.5 Å². The Morgan fingerprint density at radius 1 is 1.42 bits per heavy atom. The molecular weight excluding hydrogens is 330 g/mol. The Hall–Kier alpha value is -1.01. The van der Waals surface area contributed by atoms with E-state index < -0.39 is 5.97 Å². The number of halogens is 1. The molecule has 102 valence electrons. The van der Waals surface area contributed by atoms with Crippen molar-refractivity contribution in [3.05, 3.63) is 34.3 Å². The van der Waals surface area contributed by atoms with Gasteiger partial charge in [0.25, 0.3) is 5.91 Å². The van der Waals surface area contributed by atoms with Gasteiger partial charge in [-0.3, -0.25) is 9.59 Å². The van der Waals surface area contributed by atoms with Crippen LogP contribution in [0.1, 0.15) is 16.8 Å². The van der Waals surface area contributed by atoms with Gasteiger partial charge in [-0.15, -0.1) is 0 Å². The molecule has 0 aliphatic carbocycles. The molecule has 6 heteroatoms. The van der Waals surface area contributed by atoms with Gasteiger partial charge >= 0.3 is 5.97 Å². The maximum Gasteiger partial charge on any atom is 0.305 e. The standard InChI is InChI=1S/C13H14BrNO3S/c14-11-4-2-1-3-10(11)13(18)15-5-6-19-8-9(15)7-12(16)17/h1-4,9H,5-8H2,(H,16,17). The van der Waals surface area contributed by atoms with Gasteiger partial charge in [-0.25, -0.2) is 0 Å². The van der Waals surface area contributed by atoms with E-state index in [9.17, 15) is 9.59 Å². The lowest BCUT2D eigenvalue weighted by molar-refractivity contribution is -0.138. The zero-order chi connectivity index (χ0) is 13.8. The molecule has 1 aliphatic rings. The Balaban J connectivity index is 2.20. The zero-order valence-corrected chi connectivity index (χ0v) is 12.6. The fourth-order valence-electron chi connectivity index (χ4n) is 2.08. The Morgan fingerprint density at radius 3 is 2.84 bits per heavy atom. The maximum atomic E-state index is 12.5. The Morgan fingerprint density at radius 2 is 2.16 bits per heavy atom. The van der Waals surface area contributed by atoms with Gasteiger partial charge in [0.15, 0.2) is 0 Å². The van der Waals surface area contributed by atoms with Gasteiger partial charge in [-0.2, -0.15) is 11.8 Å². The number of amides is 1. The SMILES string of the molecule is O=C(O)CC1CSCCN1C(=O)c1ccccc1Br. The largest absolute Gasteiger partial charge is 0.481 e. The van der Waals surface area contributed by atoms with Gasteiger partial charge in [0.05, 0.1) is 18.0 Å². The predicted octanol–water partition coefficient (Wildman–Crippen LogP) is 2.48. The van der Waals surface area contributed by atoms with Gasteiger partial charge in [0, 0.05) is 22.5 Å². The van der Waals surface area contributed by atoms with Gasteiger partial charge in [-0.1, -0.05) is 12.1 Å². The summed E-state index contributed by atoms with van der Waals surface area (Å²) in [5, 5.41) is 8.93. The predicted molar refractivity (Wildman–Crippen MR) is 78.5 cm³/mol. The molecular formula is C13H14BrNO3S. The highest BCUT2D eigenvalue weighted by Gasteiger charge is 2.30. The lowest BCUT2D eigenvalue weighted by atomic mass is 10.1. The second kappa shape index (κ2) is 6.43. The van der Waals surface area contributed by atoms with Gasteiger partial charge < -0.3 is 10.0 Å². The molecule has 1 aliphatic heterocycles. The highest BCUT2D eigenvalue weighted by atomic mass is 79.9. The third-order valence-corrected chi connectivity index (χ3v) is 4.79. The van der Waals surface area contributed by atoms with E-state index in [1.54, 1.807) is 22.7 Å². The Bertz CT molecular complexity index is 495. The number of aliphatic carboxylic acids is 1. The number of carbonyl (C=O) groups excluding carboxylic acids is 1. The summed E-state index contributed by atoms with van der Waals surface area (Å²) in [7, 11) is 0. The Kier molecular flexibility index (Phi) is 4.87. The van der Waals surface area contributed by atoms with Crippen LogP contribution in [-0.2, 0) is 4.79 Å².